The summed E-state index contributed by atoms with van der Waals surface area (Å²) in [6.07, 6.45) is 1.24. The summed E-state index contributed by atoms with van der Waals surface area (Å²) in [7, 11) is 0. The Morgan fingerprint density at radius 3 is 2.71 bits per heavy atom. The minimum atomic E-state index is -0.519. The Balaban J connectivity index is 2.63. The molecule has 2 nitrogen and oxygen atoms in total. The van der Waals surface area contributed by atoms with Crippen molar-refractivity contribution >= 4 is 17.8 Å². The second-order valence-corrected chi connectivity index (χ2v) is 5.14. The van der Waals surface area contributed by atoms with Crippen LogP contribution in [0.1, 0.15) is 34.1 Å². The van der Waals surface area contributed by atoms with Gasteiger partial charge in [0.1, 0.15) is 0 Å². The number of thiol groups is 1. The van der Waals surface area contributed by atoms with Gasteiger partial charge >= 0.3 is 92.2 Å². The van der Waals surface area contributed by atoms with E-state index < -0.39 is 16.9 Å². The van der Waals surface area contributed by atoms with Gasteiger partial charge in [0.05, 0.1) is 0 Å². The van der Waals surface area contributed by atoms with Crippen LogP contribution in [0.5, 0.6) is 0 Å². The fraction of sp³-hybridized carbons (Fsp3) is 1.00. The third-order valence-electron chi connectivity index (χ3n) is 2.57. The van der Waals surface area contributed by atoms with Crippen LogP contribution in [0.2, 0.25) is 0 Å². The SMILES string of the molecule is [3H]S(=B)C[C@H](C)[C@@H]1OC(C)(C)O[C@@H]1CC. The van der Waals surface area contributed by atoms with Crippen molar-refractivity contribution in [2.24, 2.45) is 5.92 Å². The monoisotopic (exact) mass is 218 g/mol. The summed E-state index contributed by atoms with van der Waals surface area (Å²) in [5.74, 6) is 0.664. The Kier molecular flexibility index (Phi) is 3.80. The first-order valence-corrected chi connectivity index (χ1v) is 6.38. The summed E-state index contributed by atoms with van der Waals surface area (Å²) < 4.78 is 19.2. The molecular formula is C10H21BO2S. The molecule has 0 saturated carbocycles. The third-order valence-corrected chi connectivity index (χ3v) is 3.33. The summed E-state index contributed by atoms with van der Waals surface area (Å²) in [6, 6.07) is 0. The zero-order chi connectivity index (χ0) is 11.6. The Morgan fingerprint density at radius 2 is 2.21 bits per heavy atom. The van der Waals surface area contributed by atoms with Crippen LogP contribution in [0.3, 0.4) is 0 Å². The van der Waals surface area contributed by atoms with E-state index in [9.17, 15) is 0 Å². The molecule has 1 fully saturated rings. The summed E-state index contributed by atoms with van der Waals surface area (Å²) >= 11 is -0.519. The van der Waals surface area contributed by atoms with Crippen LogP contribution in [-0.2, 0) is 9.47 Å². The van der Waals surface area contributed by atoms with Crippen LogP contribution in [0.4, 0.5) is 0 Å². The number of hydrogen-bond donors (Lipinski definition) is 1. The molecule has 0 N–H and O–H groups in total. The minimum absolute atomic E-state index is 0.118. The van der Waals surface area contributed by atoms with E-state index in [0.717, 1.165) is 12.2 Å². The molecule has 0 aromatic heterocycles. The normalized spacial score (nSPS) is 36.4. The predicted octanol–water partition coefficient (Wildman–Crippen LogP) is 1.83. The average Bonchev–Trinajstić information content (AvgIpc) is 2.40. The van der Waals surface area contributed by atoms with E-state index in [1.807, 2.05) is 13.8 Å². The molecule has 1 aliphatic heterocycles. The molecule has 1 heterocycles. The van der Waals surface area contributed by atoms with E-state index in [1.54, 1.807) is 0 Å². The number of ether oxygens (including phenoxy) is 2. The van der Waals surface area contributed by atoms with Crippen LogP contribution in [0, 0.1) is 5.92 Å². The van der Waals surface area contributed by atoms with Crippen molar-refractivity contribution in [3.63, 3.8) is 0 Å². The van der Waals surface area contributed by atoms with Crippen LogP contribution >= 0.6 is 11.1 Å². The molecule has 1 aliphatic rings. The standard InChI is InChI=1S/C10H21BO2S/c1-5-8-9(7(2)6-14-11)13-10(3,4)12-8/h7-9,11,14H,5-6H2,1-4H3/t7-,8+,9-/m0/s1/i14T. The van der Waals surface area contributed by atoms with Crippen molar-refractivity contribution in [3.8, 4) is 0 Å². The molecule has 14 heavy (non-hydrogen) atoms. The van der Waals surface area contributed by atoms with Crippen LogP contribution < -0.4 is 0 Å². The first-order chi connectivity index (χ1) is 6.85. The maximum atomic E-state index is 7.51. The van der Waals surface area contributed by atoms with Gasteiger partial charge in [-0.1, -0.05) is 0 Å². The van der Waals surface area contributed by atoms with Crippen LogP contribution in [0.25, 0.3) is 0 Å². The second-order valence-electron chi connectivity index (χ2n) is 4.39. The molecule has 0 aromatic rings. The molecule has 0 bridgehead atoms. The summed E-state index contributed by atoms with van der Waals surface area (Å²) in [5.41, 5.74) is 0. The van der Waals surface area contributed by atoms with Gasteiger partial charge < -0.3 is 0 Å². The van der Waals surface area contributed by atoms with E-state index in [4.69, 9.17) is 10.6 Å². The molecule has 82 valence electrons. The Labute approximate surface area is 92.7 Å². The molecule has 0 aliphatic carbocycles. The Hall–Kier alpha value is 0.335. The van der Waals surface area contributed by atoms with Gasteiger partial charge in [-0.25, -0.2) is 0 Å². The first kappa shape index (κ1) is 10.8. The first-order valence-electron chi connectivity index (χ1n) is 5.63. The maximum absolute atomic E-state index is 7.51. The molecule has 4 heteroatoms. The van der Waals surface area contributed by atoms with E-state index in [1.165, 1.54) is 0 Å². The van der Waals surface area contributed by atoms with Crippen LogP contribution in [0.15, 0.2) is 0 Å². The molecule has 0 amide bonds. The summed E-state index contributed by atoms with van der Waals surface area (Å²) in [4.78, 5) is 0. The predicted molar refractivity (Wildman–Crippen MR) is 64.3 cm³/mol. The fourth-order valence-corrected chi connectivity index (χ4v) is 2.50. The molecule has 1 rings (SSSR count). The second kappa shape index (κ2) is 4.91. The topological polar surface area (TPSA) is 18.5 Å². The van der Waals surface area contributed by atoms with Crippen LogP contribution in [-0.4, -0.2) is 31.6 Å². The van der Waals surface area contributed by atoms with Gasteiger partial charge in [0.15, 0.2) is 0 Å². The van der Waals surface area contributed by atoms with Crippen molar-refractivity contribution < 1.29 is 9.47 Å². The number of hydrogen-bond acceptors (Lipinski definition) is 2. The van der Waals surface area contributed by atoms with Gasteiger partial charge in [0.25, 0.3) is 0 Å². The van der Waals surface area contributed by atoms with Gasteiger partial charge in [-0.3, -0.25) is 0 Å². The van der Waals surface area contributed by atoms with E-state index in [2.05, 4.69) is 20.6 Å². The zero-order valence-electron chi connectivity index (χ0n) is 10.6. The van der Waals surface area contributed by atoms with Gasteiger partial charge in [-0.15, -0.1) is 0 Å². The Morgan fingerprint density at radius 1 is 1.57 bits per heavy atom. The van der Waals surface area contributed by atoms with Crippen molar-refractivity contribution in [2.45, 2.75) is 52.1 Å². The molecule has 4 atom stereocenters. The molecule has 0 radical (unpaired) electrons. The quantitative estimate of drug-likeness (QED) is 0.573. The molecule has 1 saturated heterocycles. The summed E-state index contributed by atoms with van der Waals surface area (Å²) in [5, 5.41) is 0. The fourth-order valence-electron chi connectivity index (χ4n) is 1.94. The van der Waals surface area contributed by atoms with Gasteiger partial charge in [0.2, 0.25) is 0 Å². The summed E-state index contributed by atoms with van der Waals surface area (Å²) in [6.45, 7) is 11.9. The van der Waals surface area contributed by atoms with E-state index >= 15 is 0 Å². The molecule has 1 unspecified atom stereocenters. The van der Waals surface area contributed by atoms with E-state index in [-0.39, 0.29) is 12.2 Å². The molecule has 0 spiro atoms. The van der Waals surface area contributed by atoms with Crippen molar-refractivity contribution in [2.75, 3.05) is 5.75 Å². The molecular weight excluding hydrogens is 195 g/mol. The molecule has 0 aromatic carbocycles. The van der Waals surface area contributed by atoms with Gasteiger partial charge in [0, 0.05) is 0 Å². The Bertz CT molecular complexity index is 248. The zero-order valence-corrected chi connectivity index (χ0v) is 10.4. The van der Waals surface area contributed by atoms with Crippen molar-refractivity contribution in [3.05, 3.63) is 0 Å². The van der Waals surface area contributed by atoms with Crippen molar-refractivity contribution in [1.82, 2.24) is 0 Å². The van der Waals surface area contributed by atoms with Gasteiger partial charge in [-0.2, -0.15) is 0 Å². The number of rotatable bonds is 4. The van der Waals surface area contributed by atoms with E-state index in [0.29, 0.717) is 5.92 Å². The third kappa shape index (κ3) is 2.91. The van der Waals surface area contributed by atoms with Gasteiger partial charge in [-0.05, 0) is 0 Å². The van der Waals surface area contributed by atoms with Crippen molar-refractivity contribution in [1.29, 1.82) is 1.12 Å². The average molecular weight is 218 g/mol.